The number of nitrogens with two attached hydrogens (primary N) is 2. The van der Waals surface area contributed by atoms with Gasteiger partial charge in [0.1, 0.15) is 5.56 Å². The number of urea groups is 1. The molecule has 0 saturated carbocycles. The van der Waals surface area contributed by atoms with Gasteiger partial charge in [0.25, 0.3) is 5.69 Å². The lowest BCUT2D eigenvalue weighted by Crippen LogP contribution is -2.25. The van der Waals surface area contributed by atoms with Crippen molar-refractivity contribution < 1.29 is 22.9 Å². The van der Waals surface area contributed by atoms with Crippen molar-refractivity contribution in [2.45, 2.75) is 6.18 Å². The molecule has 11 heteroatoms. The number of rotatable bonds is 2. The second kappa shape index (κ2) is 5.42. The third-order valence-electron chi connectivity index (χ3n) is 1.98. The third-order valence-corrected chi connectivity index (χ3v) is 1.98. The number of guanidine groups is 1. The van der Waals surface area contributed by atoms with Crippen molar-refractivity contribution in [3.63, 3.8) is 0 Å². The maximum Gasteiger partial charge on any atom is 0.423 e. The first-order valence-corrected chi connectivity index (χ1v) is 4.87. The third kappa shape index (κ3) is 3.83. The number of amides is 2. The fraction of sp³-hybridized carbons (Fsp3) is 0.111. The van der Waals surface area contributed by atoms with Crippen molar-refractivity contribution in [3.8, 4) is 0 Å². The van der Waals surface area contributed by atoms with Gasteiger partial charge in [-0.05, 0) is 12.1 Å². The molecule has 108 valence electrons. The molecule has 0 aliphatic carbocycles. The molecule has 0 aliphatic rings. The van der Waals surface area contributed by atoms with Crippen molar-refractivity contribution >= 4 is 23.4 Å². The molecule has 0 fully saturated rings. The molecule has 1 rings (SSSR count). The quantitative estimate of drug-likeness (QED) is 0.327. The molecule has 0 radical (unpaired) electrons. The number of aliphatic imine (C=N–C) groups is 1. The number of halogens is 3. The molecule has 0 aliphatic heterocycles. The van der Waals surface area contributed by atoms with Gasteiger partial charge in [0.05, 0.1) is 4.92 Å². The zero-order chi connectivity index (χ0) is 15.5. The number of nitrogens with one attached hydrogen (secondary N) is 1. The Morgan fingerprint density at radius 2 is 1.95 bits per heavy atom. The first-order chi connectivity index (χ1) is 9.11. The second-order valence-electron chi connectivity index (χ2n) is 3.45. The topological polar surface area (TPSA) is 137 Å². The number of alkyl halides is 3. The number of nitro groups is 1. The highest BCUT2D eigenvalue weighted by Gasteiger charge is 2.38. The molecule has 1 aromatic rings. The summed E-state index contributed by atoms with van der Waals surface area (Å²) in [6.45, 7) is 0. The van der Waals surface area contributed by atoms with E-state index in [1.54, 1.807) is 0 Å². The highest BCUT2D eigenvalue weighted by Crippen LogP contribution is 2.37. The highest BCUT2D eigenvalue weighted by molar-refractivity contribution is 5.98. The number of benzene rings is 1. The Kier molecular flexibility index (Phi) is 4.12. The van der Waals surface area contributed by atoms with Crippen LogP contribution in [0.25, 0.3) is 0 Å². The Labute approximate surface area is 109 Å². The number of hydrogen-bond donors (Lipinski definition) is 3. The SMILES string of the molecule is NC(N)=NC(=O)Nc1ccc([N+](=O)[O-])c(C(F)(F)F)c1. The summed E-state index contributed by atoms with van der Waals surface area (Å²) < 4.78 is 38.0. The van der Waals surface area contributed by atoms with Crippen LogP contribution in [-0.4, -0.2) is 16.9 Å². The lowest BCUT2D eigenvalue weighted by Gasteiger charge is -2.09. The van der Waals surface area contributed by atoms with Crippen molar-refractivity contribution in [3.05, 3.63) is 33.9 Å². The number of carbonyl (C=O) groups excluding carboxylic acids is 1. The first-order valence-electron chi connectivity index (χ1n) is 4.87. The lowest BCUT2D eigenvalue weighted by atomic mass is 10.1. The number of hydrogen-bond acceptors (Lipinski definition) is 3. The van der Waals surface area contributed by atoms with Crippen LogP contribution in [0, 0.1) is 10.1 Å². The van der Waals surface area contributed by atoms with Gasteiger partial charge in [-0.3, -0.25) is 10.1 Å². The molecule has 0 aromatic heterocycles. The summed E-state index contributed by atoms with van der Waals surface area (Å²) in [7, 11) is 0. The fourth-order valence-electron chi connectivity index (χ4n) is 1.27. The molecular formula is C9H8F3N5O3. The summed E-state index contributed by atoms with van der Waals surface area (Å²) in [4.78, 5) is 23.5. The molecule has 0 heterocycles. The van der Waals surface area contributed by atoms with Crippen LogP contribution in [0.1, 0.15) is 5.56 Å². The lowest BCUT2D eigenvalue weighted by molar-refractivity contribution is -0.388. The molecule has 0 bridgehead atoms. The van der Waals surface area contributed by atoms with Gasteiger partial charge in [-0.2, -0.15) is 18.2 Å². The summed E-state index contributed by atoms with van der Waals surface area (Å²) in [5.41, 5.74) is 6.86. The number of nitrogens with zero attached hydrogens (tertiary/aromatic N) is 2. The van der Waals surface area contributed by atoms with E-state index in [1.165, 1.54) is 0 Å². The Morgan fingerprint density at radius 1 is 1.35 bits per heavy atom. The molecule has 5 N–H and O–H groups in total. The monoisotopic (exact) mass is 291 g/mol. The van der Waals surface area contributed by atoms with Crippen LogP contribution in [0.3, 0.4) is 0 Å². The van der Waals surface area contributed by atoms with Gasteiger partial charge in [-0.25, -0.2) is 4.79 Å². The van der Waals surface area contributed by atoms with Gasteiger partial charge in [0.15, 0.2) is 5.96 Å². The normalized spacial score (nSPS) is 10.8. The molecule has 1 aromatic carbocycles. The minimum atomic E-state index is -4.95. The van der Waals surface area contributed by atoms with Gasteiger partial charge in [-0.15, -0.1) is 0 Å². The van der Waals surface area contributed by atoms with E-state index in [0.29, 0.717) is 12.1 Å². The maximum absolute atomic E-state index is 12.7. The Hall–Kier alpha value is -2.85. The van der Waals surface area contributed by atoms with Crippen LogP contribution < -0.4 is 16.8 Å². The van der Waals surface area contributed by atoms with E-state index in [9.17, 15) is 28.1 Å². The number of anilines is 1. The van der Waals surface area contributed by atoms with E-state index in [-0.39, 0.29) is 5.69 Å². The molecular weight excluding hydrogens is 283 g/mol. The molecule has 2 amide bonds. The zero-order valence-electron chi connectivity index (χ0n) is 9.64. The van der Waals surface area contributed by atoms with Crippen LogP contribution in [0.2, 0.25) is 0 Å². The Morgan fingerprint density at radius 3 is 2.40 bits per heavy atom. The maximum atomic E-state index is 12.7. The van der Waals surface area contributed by atoms with E-state index in [2.05, 4.69) is 4.99 Å². The molecule has 8 nitrogen and oxygen atoms in total. The largest absolute Gasteiger partial charge is 0.423 e. The van der Waals surface area contributed by atoms with Gasteiger partial charge >= 0.3 is 12.2 Å². The minimum Gasteiger partial charge on any atom is -0.370 e. The molecule has 0 saturated heterocycles. The van der Waals surface area contributed by atoms with Crippen LogP contribution in [0.15, 0.2) is 23.2 Å². The van der Waals surface area contributed by atoms with Crippen LogP contribution >= 0.6 is 0 Å². The summed E-state index contributed by atoms with van der Waals surface area (Å²) in [5, 5.41) is 12.5. The fourth-order valence-corrected chi connectivity index (χ4v) is 1.27. The van der Waals surface area contributed by atoms with Crippen LogP contribution in [-0.2, 0) is 6.18 Å². The number of carbonyl (C=O) groups is 1. The Bertz CT molecular complexity index is 581. The van der Waals surface area contributed by atoms with Crippen LogP contribution in [0.4, 0.5) is 29.3 Å². The van der Waals surface area contributed by atoms with Crippen molar-refractivity contribution in [1.29, 1.82) is 0 Å². The smallest absolute Gasteiger partial charge is 0.370 e. The van der Waals surface area contributed by atoms with Crippen molar-refractivity contribution in [1.82, 2.24) is 0 Å². The summed E-state index contributed by atoms with van der Waals surface area (Å²) in [6.07, 6.45) is -4.95. The van der Waals surface area contributed by atoms with Gasteiger partial charge in [0, 0.05) is 11.8 Å². The predicted octanol–water partition coefficient (Wildman–Crippen LogP) is 1.42. The van der Waals surface area contributed by atoms with Gasteiger partial charge in [-0.1, -0.05) is 0 Å². The number of nitro benzene ring substituents is 1. The van der Waals surface area contributed by atoms with Crippen molar-refractivity contribution in [2.75, 3.05) is 5.32 Å². The highest BCUT2D eigenvalue weighted by atomic mass is 19.4. The van der Waals surface area contributed by atoms with Crippen LogP contribution in [0.5, 0.6) is 0 Å². The van der Waals surface area contributed by atoms with Gasteiger partial charge < -0.3 is 16.8 Å². The predicted molar refractivity (Wildman–Crippen MR) is 62.9 cm³/mol. The molecule has 0 spiro atoms. The van der Waals surface area contributed by atoms with E-state index >= 15 is 0 Å². The van der Waals surface area contributed by atoms with Gasteiger partial charge in [0.2, 0.25) is 0 Å². The van der Waals surface area contributed by atoms with Crippen molar-refractivity contribution in [2.24, 2.45) is 16.5 Å². The summed E-state index contributed by atoms with van der Waals surface area (Å²) in [6, 6.07) is 0.853. The first kappa shape index (κ1) is 15.2. The molecule has 0 atom stereocenters. The summed E-state index contributed by atoms with van der Waals surface area (Å²) in [5.74, 6) is -0.583. The summed E-state index contributed by atoms with van der Waals surface area (Å²) >= 11 is 0. The standard InChI is InChI=1S/C9H8F3N5O3/c10-9(11,12)5-3-4(1-2-6(5)17(19)20)15-8(18)16-7(13)14/h1-3H,(H5,13,14,15,16,18). The van der Waals surface area contributed by atoms with E-state index in [1.807, 2.05) is 5.32 Å². The molecule has 20 heavy (non-hydrogen) atoms. The minimum absolute atomic E-state index is 0.335. The molecule has 0 unspecified atom stereocenters. The second-order valence-corrected chi connectivity index (χ2v) is 3.45. The zero-order valence-corrected chi connectivity index (χ0v) is 9.64. The van der Waals surface area contributed by atoms with E-state index in [4.69, 9.17) is 11.5 Å². The Balaban J connectivity index is 3.17. The van der Waals surface area contributed by atoms with E-state index in [0.717, 1.165) is 6.07 Å². The average Bonchev–Trinajstić information content (AvgIpc) is 2.25. The average molecular weight is 291 g/mol. The van der Waals surface area contributed by atoms with E-state index < -0.39 is 34.3 Å².